The molecule has 0 aliphatic heterocycles. The third kappa shape index (κ3) is 6.49. The second kappa shape index (κ2) is 10.3. The number of amides is 1. The number of hydrogen-bond donors (Lipinski definition) is 3. The van der Waals surface area contributed by atoms with E-state index in [-0.39, 0.29) is 24.3 Å². The molecule has 8 heteroatoms. The molecule has 0 radical (unpaired) electrons. The summed E-state index contributed by atoms with van der Waals surface area (Å²) in [7, 11) is 0. The average Bonchev–Trinajstić information content (AvgIpc) is 2.90. The predicted molar refractivity (Wildman–Crippen MR) is 111 cm³/mol. The zero-order valence-electron chi connectivity index (χ0n) is 17.0. The number of nitrogens with zero attached hydrogens (tertiary/aromatic N) is 1. The Hall–Kier alpha value is -3.00. The highest BCUT2D eigenvalue weighted by atomic mass is 19.1. The third-order valence-electron chi connectivity index (χ3n) is 5.55. The number of nitrogens with one attached hydrogen (secondary N) is 1. The fourth-order valence-electron chi connectivity index (χ4n) is 3.96. The van der Waals surface area contributed by atoms with Crippen LogP contribution in [0.1, 0.15) is 31.2 Å². The molecule has 0 spiro atoms. The Balaban J connectivity index is 1.67. The van der Waals surface area contributed by atoms with Gasteiger partial charge >= 0.3 is 5.97 Å². The average molecular weight is 432 g/mol. The SMILES string of the molecule is O=C(O)CN(Cc1cccc(F)c1)C(=O)[C@@H]1CC[C@H](Nc2ccc(F)cc2)[C@@H](O)CC1. The Morgan fingerprint density at radius 1 is 1.00 bits per heavy atom. The van der Waals surface area contributed by atoms with E-state index in [0.29, 0.717) is 36.9 Å². The maximum atomic E-state index is 13.5. The van der Waals surface area contributed by atoms with Gasteiger partial charge in [-0.1, -0.05) is 12.1 Å². The van der Waals surface area contributed by atoms with Gasteiger partial charge in [0.25, 0.3) is 0 Å². The van der Waals surface area contributed by atoms with Crippen molar-refractivity contribution in [1.82, 2.24) is 4.90 Å². The maximum Gasteiger partial charge on any atom is 0.323 e. The van der Waals surface area contributed by atoms with Crippen molar-refractivity contribution < 1.29 is 28.6 Å². The molecular formula is C23H26F2N2O4. The van der Waals surface area contributed by atoms with Gasteiger partial charge in [0, 0.05) is 18.2 Å². The van der Waals surface area contributed by atoms with Gasteiger partial charge in [-0.15, -0.1) is 0 Å². The van der Waals surface area contributed by atoms with Gasteiger partial charge in [0.2, 0.25) is 5.91 Å². The van der Waals surface area contributed by atoms with Gasteiger partial charge in [-0.2, -0.15) is 0 Å². The highest BCUT2D eigenvalue weighted by Crippen LogP contribution is 2.28. The van der Waals surface area contributed by atoms with Crippen LogP contribution in [0.2, 0.25) is 0 Å². The summed E-state index contributed by atoms with van der Waals surface area (Å²) in [5.74, 6) is -2.71. The van der Waals surface area contributed by atoms with E-state index in [0.717, 1.165) is 0 Å². The molecule has 166 valence electrons. The summed E-state index contributed by atoms with van der Waals surface area (Å²) in [4.78, 5) is 25.6. The van der Waals surface area contributed by atoms with Gasteiger partial charge in [-0.25, -0.2) is 8.78 Å². The first-order valence-corrected chi connectivity index (χ1v) is 10.3. The number of aliphatic hydroxyl groups is 1. The first-order valence-electron chi connectivity index (χ1n) is 10.3. The molecule has 1 aliphatic rings. The van der Waals surface area contributed by atoms with Crippen LogP contribution >= 0.6 is 0 Å². The van der Waals surface area contributed by atoms with Gasteiger partial charge in [-0.05, 0) is 67.6 Å². The minimum Gasteiger partial charge on any atom is -0.480 e. The van der Waals surface area contributed by atoms with Gasteiger partial charge in [-0.3, -0.25) is 9.59 Å². The lowest BCUT2D eigenvalue weighted by Gasteiger charge is -2.26. The van der Waals surface area contributed by atoms with Crippen LogP contribution in [-0.2, 0) is 16.1 Å². The molecule has 31 heavy (non-hydrogen) atoms. The summed E-state index contributed by atoms with van der Waals surface area (Å²) in [5, 5.41) is 22.9. The van der Waals surface area contributed by atoms with E-state index in [9.17, 15) is 28.6 Å². The minimum atomic E-state index is -1.14. The lowest BCUT2D eigenvalue weighted by atomic mass is 9.98. The van der Waals surface area contributed by atoms with E-state index in [4.69, 9.17) is 0 Å². The lowest BCUT2D eigenvalue weighted by molar-refractivity contribution is -0.147. The summed E-state index contributed by atoms with van der Waals surface area (Å²) in [6.07, 6.45) is 1.06. The predicted octanol–water partition coefficient (Wildman–Crippen LogP) is 3.41. The Bertz CT molecular complexity index is 907. The number of aliphatic carboxylic acids is 1. The van der Waals surface area contributed by atoms with Gasteiger partial charge < -0.3 is 20.4 Å². The van der Waals surface area contributed by atoms with Crippen LogP contribution in [0.5, 0.6) is 0 Å². The quantitative estimate of drug-likeness (QED) is 0.584. The fourth-order valence-corrected chi connectivity index (χ4v) is 3.96. The van der Waals surface area contributed by atoms with Gasteiger partial charge in [0.15, 0.2) is 0 Å². The van der Waals surface area contributed by atoms with E-state index in [2.05, 4.69) is 5.32 Å². The molecular weight excluding hydrogens is 406 g/mol. The van der Waals surface area contributed by atoms with Crippen LogP contribution in [0.15, 0.2) is 48.5 Å². The molecule has 0 saturated heterocycles. The third-order valence-corrected chi connectivity index (χ3v) is 5.55. The van der Waals surface area contributed by atoms with E-state index in [1.807, 2.05) is 0 Å². The molecule has 0 bridgehead atoms. The molecule has 1 saturated carbocycles. The topological polar surface area (TPSA) is 89.9 Å². The van der Waals surface area contributed by atoms with Crippen molar-refractivity contribution in [3.8, 4) is 0 Å². The molecule has 1 fully saturated rings. The van der Waals surface area contributed by atoms with Gasteiger partial charge in [0.1, 0.15) is 18.2 Å². The number of anilines is 1. The summed E-state index contributed by atoms with van der Waals surface area (Å²) < 4.78 is 26.6. The molecule has 1 aliphatic carbocycles. The van der Waals surface area contributed by atoms with Crippen molar-refractivity contribution in [3.05, 3.63) is 65.7 Å². The minimum absolute atomic E-state index is 0.000789. The van der Waals surface area contributed by atoms with Crippen molar-refractivity contribution >= 4 is 17.6 Å². The first-order chi connectivity index (χ1) is 14.8. The number of aliphatic hydroxyl groups excluding tert-OH is 1. The number of rotatable bonds is 7. The normalized spacial score (nSPS) is 21.2. The molecule has 1 amide bonds. The zero-order valence-corrected chi connectivity index (χ0v) is 17.0. The van der Waals surface area contributed by atoms with Crippen LogP contribution in [-0.4, -0.2) is 45.7 Å². The van der Waals surface area contributed by atoms with Crippen LogP contribution in [0.25, 0.3) is 0 Å². The van der Waals surface area contributed by atoms with Gasteiger partial charge in [0.05, 0.1) is 12.1 Å². The lowest BCUT2D eigenvalue weighted by Crippen LogP contribution is -2.39. The van der Waals surface area contributed by atoms with E-state index in [1.54, 1.807) is 18.2 Å². The van der Waals surface area contributed by atoms with Crippen molar-refractivity contribution in [2.24, 2.45) is 5.92 Å². The molecule has 6 nitrogen and oxygen atoms in total. The molecule has 2 aromatic rings. The smallest absolute Gasteiger partial charge is 0.323 e. The Morgan fingerprint density at radius 2 is 1.71 bits per heavy atom. The van der Waals surface area contributed by atoms with Crippen LogP contribution in [0.3, 0.4) is 0 Å². The Morgan fingerprint density at radius 3 is 2.39 bits per heavy atom. The molecule has 3 rings (SSSR count). The standard InChI is InChI=1S/C23H26F2N2O4/c24-17-6-8-19(9-7-17)26-20-10-4-16(5-11-21(20)28)23(31)27(14-22(29)30)13-15-2-1-3-18(25)12-15/h1-3,6-9,12,16,20-21,26,28H,4-5,10-11,13-14H2,(H,29,30)/t16-,20+,21+/m1/s1. The second-order valence-corrected chi connectivity index (χ2v) is 7.89. The van der Waals surface area contributed by atoms with E-state index in [1.165, 1.54) is 35.2 Å². The maximum absolute atomic E-state index is 13.5. The number of halogens is 2. The molecule has 0 unspecified atom stereocenters. The molecule has 3 N–H and O–H groups in total. The van der Waals surface area contributed by atoms with Crippen molar-refractivity contribution in [2.45, 2.75) is 44.4 Å². The highest BCUT2D eigenvalue weighted by Gasteiger charge is 2.32. The molecule has 0 heterocycles. The van der Waals surface area contributed by atoms with Crippen molar-refractivity contribution in [2.75, 3.05) is 11.9 Å². The summed E-state index contributed by atoms with van der Waals surface area (Å²) >= 11 is 0. The van der Waals surface area contributed by atoms with Crippen LogP contribution < -0.4 is 5.32 Å². The number of carbonyl (C=O) groups excluding carboxylic acids is 1. The number of benzene rings is 2. The summed E-state index contributed by atoms with van der Waals surface area (Å²) in [5.41, 5.74) is 1.19. The fraction of sp³-hybridized carbons (Fsp3) is 0.391. The molecule has 2 aromatic carbocycles. The van der Waals surface area contributed by atoms with Crippen molar-refractivity contribution in [1.29, 1.82) is 0 Å². The van der Waals surface area contributed by atoms with E-state index >= 15 is 0 Å². The molecule has 0 aromatic heterocycles. The zero-order chi connectivity index (χ0) is 22.4. The first kappa shape index (κ1) is 22.7. The largest absolute Gasteiger partial charge is 0.480 e. The van der Waals surface area contributed by atoms with Crippen LogP contribution in [0, 0.1) is 17.6 Å². The second-order valence-electron chi connectivity index (χ2n) is 7.89. The Labute approximate surface area is 179 Å². The Kier molecular flexibility index (Phi) is 7.57. The van der Waals surface area contributed by atoms with Crippen LogP contribution in [0.4, 0.5) is 14.5 Å². The number of carbonyl (C=O) groups is 2. The van der Waals surface area contributed by atoms with E-state index < -0.39 is 30.4 Å². The summed E-state index contributed by atoms with van der Waals surface area (Å²) in [6, 6.07) is 11.2. The number of carboxylic acid groups (broad SMARTS) is 1. The summed E-state index contributed by atoms with van der Waals surface area (Å²) in [6.45, 7) is -0.481. The highest BCUT2D eigenvalue weighted by molar-refractivity contribution is 5.83. The monoisotopic (exact) mass is 432 g/mol. The number of hydrogen-bond acceptors (Lipinski definition) is 4. The van der Waals surface area contributed by atoms with Crippen molar-refractivity contribution in [3.63, 3.8) is 0 Å². The number of carboxylic acids is 1. The molecule has 3 atom stereocenters.